The first-order valence-electron chi connectivity index (χ1n) is 7.52. The summed E-state index contributed by atoms with van der Waals surface area (Å²) in [6, 6.07) is 15.3. The predicted octanol–water partition coefficient (Wildman–Crippen LogP) is 3.71. The molecule has 1 amide bonds. The number of hydrogen-bond acceptors (Lipinski definition) is 4. The number of rotatable bonds is 3. The maximum Gasteiger partial charge on any atom is 0.279 e. The summed E-state index contributed by atoms with van der Waals surface area (Å²) in [6.45, 7) is 1.99. The Morgan fingerprint density at radius 3 is 2.36 bits per heavy atom. The van der Waals surface area contributed by atoms with E-state index in [4.69, 9.17) is 0 Å². The molecular weight excluding hydrogens is 338 g/mol. The minimum atomic E-state index is -0.500. The number of carbonyl (C=O) groups excluding carboxylic acids is 1. The van der Waals surface area contributed by atoms with Gasteiger partial charge in [-0.15, -0.1) is 11.3 Å². The van der Waals surface area contributed by atoms with E-state index in [-0.39, 0.29) is 5.69 Å². The molecule has 126 valence electrons. The van der Waals surface area contributed by atoms with E-state index in [1.807, 2.05) is 48.9 Å². The van der Waals surface area contributed by atoms with Gasteiger partial charge in [0.05, 0.1) is 10.6 Å². The number of nitrogens with zero attached hydrogens (tertiary/aromatic N) is 3. The molecule has 1 aromatic heterocycles. The number of aryl methyl sites for hydroxylation is 1. The summed E-state index contributed by atoms with van der Waals surface area (Å²) < 4.78 is 1.89. The van der Waals surface area contributed by atoms with Crippen LogP contribution in [-0.4, -0.2) is 15.4 Å². The molecule has 0 saturated carbocycles. The molecule has 2 aromatic carbocycles. The Hall–Kier alpha value is -3.06. The molecule has 7 heteroatoms. The van der Waals surface area contributed by atoms with Crippen molar-refractivity contribution in [1.82, 2.24) is 4.57 Å². The van der Waals surface area contributed by atoms with Crippen LogP contribution < -0.4 is 4.80 Å². The van der Waals surface area contributed by atoms with Crippen LogP contribution in [0, 0.1) is 17.0 Å². The SMILES string of the molecule is Cc1sc(=NC(=O)c2ccc([N+](=O)[O-])cc2)n(C)c1-c1ccccc1. The third kappa shape index (κ3) is 3.41. The number of non-ortho nitro benzene ring substituents is 1. The molecule has 0 aliphatic rings. The monoisotopic (exact) mass is 353 g/mol. The molecule has 0 spiro atoms. The Morgan fingerprint density at radius 1 is 1.12 bits per heavy atom. The van der Waals surface area contributed by atoms with E-state index in [1.54, 1.807) is 0 Å². The fourth-order valence-electron chi connectivity index (χ4n) is 2.55. The zero-order valence-electron chi connectivity index (χ0n) is 13.7. The third-order valence-electron chi connectivity index (χ3n) is 3.77. The molecule has 3 aromatic rings. The highest BCUT2D eigenvalue weighted by Gasteiger charge is 2.12. The van der Waals surface area contributed by atoms with Crippen molar-refractivity contribution in [2.24, 2.45) is 12.0 Å². The average molecular weight is 353 g/mol. The van der Waals surface area contributed by atoms with Crippen LogP contribution in [0.15, 0.2) is 59.6 Å². The van der Waals surface area contributed by atoms with Gasteiger partial charge in [-0.1, -0.05) is 30.3 Å². The molecular formula is C18H15N3O3S. The Balaban J connectivity index is 1.99. The van der Waals surface area contributed by atoms with Crippen LogP contribution in [0.4, 0.5) is 5.69 Å². The zero-order chi connectivity index (χ0) is 18.0. The van der Waals surface area contributed by atoms with Crippen LogP contribution in [0.2, 0.25) is 0 Å². The average Bonchev–Trinajstić information content (AvgIpc) is 2.89. The molecule has 0 unspecified atom stereocenters. The van der Waals surface area contributed by atoms with Crippen LogP contribution in [-0.2, 0) is 7.05 Å². The predicted molar refractivity (Wildman–Crippen MR) is 96.5 cm³/mol. The second-order valence-electron chi connectivity index (χ2n) is 5.44. The molecule has 0 atom stereocenters. The first kappa shape index (κ1) is 16.8. The molecule has 0 bridgehead atoms. The van der Waals surface area contributed by atoms with Gasteiger partial charge in [-0.3, -0.25) is 14.9 Å². The lowest BCUT2D eigenvalue weighted by atomic mass is 10.1. The van der Waals surface area contributed by atoms with Gasteiger partial charge in [0, 0.05) is 29.6 Å². The minimum absolute atomic E-state index is 0.0552. The first-order chi connectivity index (χ1) is 12.0. The Labute approximate surface area is 147 Å². The molecule has 0 fully saturated rings. The number of aromatic nitrogens is 1. The summed E-state index contributed by atoms with van der Waals surface area (Å²) in [7, 11) is 1.87. The Kier molecular flexibility index (Phi) is 4.58. The van der Waals surface area contributed by atoms with Gasteiger partial charge in [0.1, 0.15) is 0 Å². The quantitative estimate of drug-likeness (QED) is 0.532. The number of hydrogen-bond donors (Lipinski definition) is 0. The van der Waals surface area contributed by atoms with Crippen LogP contribution in [0.1, 0.15) is 15.2 Å². The van der Waals surface area contributed by atoms with Crippen molar-refractivity contribution in [2.75, 3.05) is 0 Å². The lowest BCUT2D eigenvalue weighted by Gasteiger charge is -2.04. The van der Waals surface area contributed by atoms with Crippen molar-refractivity contribution < 1.29 is 9.72 Å². The van der Waals surface area contributed by atoms with Crippen molar-refractivity contribution in [1.29, 1.82) is 0 Å². The Morgan fingerprint density at radius 2 is 1.76 bits per heavy atom. The number of nitro benzene ring substituents is 1. The van der Waals surface area contributed by atoms with Gasteiger partial charge in [0.25, 0.3) is 11.6 Å². The number of thiazole rings is 1. The highest BCUT2D eigenvalue weighted by Crippen LogP contribution is 2.24. The minimum Gasteiger partial charge on any atom is -0.319 e. The first-order valence-corrected chi connectivity index (χ1v) is 8.34. The maximum absolute atomic E-state index is 12.4. The normalized spacial score (nSPS) is 11.5. The summed E-state index contributed by atoms with van der Waals surface area (Å²) in [4.78, 5) is 28.4. The number of carbonyl (C=O) groups is 1. The molecule has 25 heavy (non-hydrogen) atoms. The van der Waals surface area contributed by atoms with E-state index in [9.17, 15) is 14.9 Å². The fourth-order valence-corrected chi connectivity index (χ4v) is 3.54. The van der Waals surface area contributed by atoms with Gasteiger partial charge in [-0.25, -0.2) is 0 Å². The molecule has 6 nitrogen and oxygen atoms in total. The van der Waals surface area contributed by atoms with Gasteiger partial charge in [0.2, 0.25) is 0 Å². The van der Waals surface area contributed by atoms with Gasteiger partial charge in [0.15, 0.2) is 4.80 Å². The lowest BCUT2D eigenvalue weighted by Crippen LogP contribution is -2.14. The topological polar surface area (TPSA) is 77.5 Å². The standard InChI is InChI=1S/C18H15N3O3S/c1-12-16(13-6-4-3-5-7-13)20(2)18(25-12)19-17(22)14-8-10-15(11-9-14)21(23)24/h3-11H,1-2H3. The van der Waals surface area contributed by atoms with Crippen molar-refractivity contribution >= 4 is 22.9 Å². The van der Waals surface area contributed by atoms with E-state index >= 15 is 0 Å². The van der Waals surface area contributed by atoms with E-state index in [1.165, 1.54) is 35.6 Å². The maximum atomic E-state index is 12.4. The van der Waals surface area contributed by atoms with E-state index in [0.29, 0.717) is 10.4 Å². The summed E-state index contributed by atoms with van der Waals surface area (Å²) in [6.07, 6.45) is 0. The van der Waals surface area contributed by atoms with Gasteiger partial charge < -0.3 is 4.57 Å². The zero-order valence-corrected chi connectivity index (χ0v) is 14.5. The molecule has 0 saturated heterocycles. The molecule has 0 radical (unpaired) electrons. The highest BCUT2D eigenvalue weighted by molar-refractivity contribution is 7.09. The summed E-state index contributed by atoms with van der Waals surface area (Å²) in [5, 5.41) is 10.7. The van der Waals surface area contributed by atoms with Crippen LogP contribution in [0.5, 0.6) is 0 Å². The van der Waals surface area contributed by atoms with Gasteiger partial charge >= 0.3 is 0 Å². The van der Waals surface area contributed by atoms with Crippen molar-refractivity contribution in [3.05, 3.63) is 80.0 Å². The molecule has 3 rings (SSSR count). The third-order valence-corrected chi connectivity index (χ3v) is 4.82. The Bertz CT molecular complexity index is 1000. The van der Waals surface area contributed by atoms with E-state index in [0.717, 1.165) is 16.1 Å². The van der Waals surface area contributed by atoms with E-state index < -0.39 is 10.8 Å². The lowest BCUT2D eigenvalue weighted by molar-refractivity contribution is -0.384. The van der Waals surface area contributed by atoms with E-state index in [2.05, 4.69) is 4.99 Å². The number of benzene rings is 2. The smallest absolute Gasteiger partial charge is 0.279 e. The number of amides is 1. The summed E-state index contributed by atoms with van der Waals surface area (Å²) in [5.41, 5.74) is 2.34. The fraction of sp³-hybridized carbons (Fsp3) is 0.111. The molecule has 0 aliphatic carbocycles. The highest BCUT2D eigenvalue weighted by atomic mass is 32.1. The largest absolute Gasteiger partial charge is 0.319 e. The molecule has 1 heterocycles. The second kappa shape index (κ2) is 6.82. The van der Waals surface area contributed by atoms with Gasteiger partial charge in [-0.05, 0) is 24.6 Å². The number of nitro groups is 1. The van der Waals surface area contributed by atoms with Crippen LogP contribution in [0.3, 0.4) is 0 Å². The van der Waals surface area contributed by atoms with Crippen LogP contribution >= 0.6 is 11.3 Å². The summed E-state index contributed by atoms with van der Waals surface area (Å²) in [5.74, 6) is -0.425. The van der Waals surface area contributed by atoms with Crippen molar-refractivity contribution in [3.8, 4) is 11.3 Å². The van der Waals surface area contributed by atoms with Gasteiger partial charge in [-0.2, -0.15) is 4.99 Å². The molecule has 0 aliphatic heterocycles. The molecule has 0 N–H and O–H groups in total. The van der Waals surface area contributed by atoms with Crippen molar-refractivity contribution in [2.45, 2.75) is 6.92 Å². The van der Waals surface area contributed by atoms with Crippen molar-refractivity contribution in [3.63, 3.8) is 0 Å². The second-order valence-corrected chi connectivity index (χ2v) is 6.62. The van der Waals surface area contributed by atoms with Crippen LogP contribution in [0.25, 0.3) is 11.3 Å². The summed E-state index contributed by atoms with van der Waals surface area (Å²) >= 11 is 1.43.